The van der Waals surface area contributed by atoms with Crippen LogP contribution in [0.4, 0.5) is 33.5 Å². The molecule has 0 saturated carbocycles. The highest BCUT2D eigenvalue weighted by Gasteiger charge is 2.45. The lowest BCUT2D eigenvalue weighted by molar-refractivity contribution is -0.144. The van der Waals surface area contributed by atoms with Crippen LogP contribution in [0.3, 0.4) is 0 Å². The Morgan fingerprint density at radius 1 is 0.915 bits per heavy atom. The highest BCUT2D eigenvalue weighted by atomic mass is 35.5. The number of ether oxygens (including phenoxy) is 2. The van der Waals surface area contributed by atoms with Crippen LogP contribution >= 0.6 is 34.5 Å². The van der Waals surface area contributed by atoms with Gasteiger partial charge < -0.3 is 45.6 Å². The average molecular weight is 1030 g/mol. The quantitative estimate of drug-likeness (QED) is 0.0649. The predicted octanol–water partition coefficient (Wildman–Crippen LogP) is 7.53. The lowest BCUT2D eigenvalue weighted by atomic mass is 9.85. The van der Waals surface area contributed by atoms with Crippen LogP contribution in [0.25, 0.3) is 10.4 Å². The SMILES string of the molecule is COc1cc(OC)c(Cl)c(NC(=O)N(C)c2cc(Nc3ccc(N4CCN(CCC(=O)N[C@H](C(=O)N5C[C@H](O)C[C@H]5C(=O)N[C@H](C)c5ccc(-c6scnc6C)cc5)C(C)(C)C)CC4)cc3)ncn2)c1Cl. The van der Waals surface area contributed by atoms with Gasteiger partial charge in [-0.05, 0) is 54.7 Å². The van der Waals surface area contributed by atoms with Gasteiger partial charge in [0.1, 0.15) is 51.6 Å². The first-order valence-corrected chi connectivity index (χ1v) is 24.9. The summed E-state index contributed by atoms with van der Waals surface area (Å²) in [6.45, 7) is 13.0. The Morgan fingerprint density at radius 3 is 2.18 bits per heavy atom. The van der Waals surface area contributed by atoms with Crippen molar-refractivity contribution in [1.82, 2.24) is 35.4 Å². The zero-order valence-corrected chi connectivity index (χ0v) is 43.4. The molecular formula is C50H61Cl2N11O7S. The Labute approximate surface area is 428 Å². The molecule has 2 aromatic heterocycles. The number of nitrogens with zero attached hydrogens (tertiary/aromatic N) is 7. The molecule has 21 heteroatoms. The summed E-state index contributed by atoms with van der Waals surface area (Å²) in [5.74, 6) is 0.317. The first-order valence-electron chi connectivity index (χ1n) is 23.2. The van der Waals surface area contributed by atoms with E-state index in [1.807, 2.05) is 88.7 Å². The first kappa shape index (κ1) is 52.6. The predicted molar refractivity (Wildman–Crippen MR) is 278 cm³/mol. The number of urea groups is 1. The third-order valence-electron chi connectivity index (χ3n) is 12.7. The summed E-state index contributed by atoms with van der Waals surface area (Å²) in [6.07, 6.45) is 0.777. The zero-order chi connectivity index (χ0) is 51.1. The van der Waals surface area contributed by atoms with Gasteiger partial charge in [-0.15, -0.1) is 11.3 Å². The summed E-state index contributed by atoms with van der Waals surface area (Å²) in [4.78, 5) is 76.0. The van der Waals surface area contributed by atoms with Crippen molar-refractivity contribution >= 4 is 87.0 Å². The van der Waals surface area contributed by atoms with E-state index in [-0.39, 0.29) is 64.5 Å². The number of carbonyl (C=O) groups is 4. The van der Waals surface area contributed by atoms with Crippen molar-refractivity contribution in [2.75, 3.05) is 81.0 Å². The summed E-state index contributed by atoms with van der Waals surface area (Å²) in [5, 5.41) is 23.0. The molecule has 3 aromatic carbocycles. The van der Waals surface area contributed by atoms with Crippen LogP contribution in [0, 0.1) is 12.3 Å². The number of methoxy groups -OCH3 is 2. The monoisotopic (exact) mass is 1030 g/mol. The van der Waals surface area contributed by atoms with Crippen LogP contribution < -0.4 is 40.5 Å². The summed E-state index contributed by atoms with van der Waals surface area (Å²) < 4.78 is 10.6. The number of amides is 5. The molecule has 0 unspecified atom stereocenters. The molecular weight excluding hydrogens is 970 g/mol. The van der Waals surface area contributed by atoms with E-state index in [2.05, 4.69) is 46.0 Å². The fourth-order valence-electron chi connectivity index (χ4n) is 8.53. The number of benzene rings is 3. The Morgan fingerprint density at radius 2 is 1.58 bits per heavy atom. The van der Waals surface area contributed by atoms with Crippen molar-refractivity contribution in [2.45, 2.75) is 71.7 Å². The van der Waals surface area contributed by atoms with Gasteiger partial charge in [0.2, 0.25) is 17.7 Å². The second kappa shape index (κ2) is 22.9. The van der Waals surface area contributed by atoms with Gasteiger partial charge in [-0.1, -0.05) is 68.2 Å². The van der Waals surface area contributed by atoms with Crippen molar-refractivity contribution in [2.24, 2.45) is 5.41 Å². The molecule has 5 amide bonds. The minimum Gasteiger partial charge on any atom is -0.495 e. The summed E-state index contributed by atoms with van der Waals surface area (Å²) in [6, 6.07) is 16.3. The van der Waals surface area contributed by atoms with E-state index in [0.29, 0.717) is 18.2 Å². The molecule has 5 aromatic rings. The van der Waals surface area contributed by atoms with Crippen molar-refractivity contribution in [3.05, 3.63) is 93.8 Å². The largest absolute Gasteiger partial charge is 0.495 e. The number of piperazine rings is 1. The maximum atomic E-state index is 14.2. The van der Waals surface area contributed by atoms with Crippen molar-refractivity contribution in [3.8, 4) is 21.9 Å². The molecule has 0 radical (unpaired) electrons. The molecule has 2 fully saturated rings. The number of hydrogen-bond acceptors (Lipinski definition) is 14. The van der Waals surface area contributed by atoms with Gasteiger partial charge in [0, 0.05) is 82.7 Å². The second-order valence-electron chi connectivity index (χ2n) is 18.7. The normalized spacial score (nSPS) is 17.0. The van der Waals surface area contributed by atoms with E-state index in [4.69, 9.17) is 32.7 Å². The number of aryl methyl sites for hydroxylation is 1. The lowest BCUT2D eigenvalue weighted by Crippen LogP contribution is -2.58. The molecule has 0 spiro atoms. The topological polar surface area (TPSA) is 207 Å². The van der Waals surface area contributed by atoms with Crippen LogP contribution in [0.5, 0.6) is 11.5 Å². The number of nitrogens with one attached hydrogen (secondary N) is 4. The molecule has 18 nitrogen and oxygen atoms in total. The minimum atomic E-state index is -0.912. The number of aliphatic hydroxyl groups excluding tert-OH is 1. The van der Waals surface area contributed by atoms with Gasteiger partial charge in [0.05, 0.1) is 48.1 Å². The van der Waals surface area contributed by atoms with E-state index in [0.717, 1.165) is 59.3 Å². The second-order valence-corrected chi connectivity index (χ2v) is 20.3. The van der Waals surface area contributed by atoms with Gasteiger partial charge in [-0.2, -0.15) is 0 Å². The number of aliphatic hydroxyl groups is 1. The molecule has 2 saturated heterocycles. The fourth-order valence-corrected chi connectivity index (χ4v) is 9.94. The Balaban J connectivity index is 0.874. The highest BCUT2D eigenvalue weighted by Crippen LogP contribution is 2.44. The number of thiazole rings is 1. The zero-order valence-electron chi connectivity index (χ0n) is 41.1. The molecule has 71 heavy (non-hydrogen) atoms. The fraction of sp³-hybridized carbons (Fsp3) is 0.420. The number of halogens is 2. The van der Waals surface area contributed by atoms with Gasteiger partial charge in [0.15, 0.2) is 0 Å². The molecule has 7 rings (SSSR count). The van der Waals surface area contributed by atoms with Gasteiger partial charge in [0.25, 0.3) is 0 Å². The van der Waals surface area contributed by atoms with E-state index in [1.165, 1.54) is 36.4 Å². The van der Waals surface area contributed by atoms with E-state index < -0.39 is 35.5 Å². The average Bonchev–Trinajstić information content (AvgIpc) is 3.98. The number of likely N-dealkylation sites (tertiary alicyclic amines) is 1. The summed E-state index contributed by atoms with van der Waals surface area (Å²) in [7, 11) is 4.43. The summed E-state index contributed by atoms with van der Waals surface area (Å²) >= 11 is 14.5. The highest BCUT2D eigenvalue weighted by molar-refractivity contribution is 7.13. The Hall–Kier alpha value is -6.25. The Bertz CT molecular complexity index is 2670. The Kier molecular flexibility index (Phi) is 16.9. The number of carbonyl (C=O) groups excluding carboxylic acids is 4. The molecule has 4 heterocycles. The van der Waals surface area contributed by atoms with E-state index in [1.54, 1.807) is 24.5 Å². The molecule has 5 N–H and O–H groups in total. The number of anilines is 5. The number of aromatic nitrogens is 3. The van der Waals surface area contributed by atoms with Crippen LogP contribution in [0.15, 0.2) is 72.5 Å². The van der Waals surface area contributed by atoms with Crippen molar-refractivity contribution in [3.63, 3.8) is 0 Å². The van der Waals surface area contributed by atoms with Crippen LogP contribution in [0.1, 0.15) is 57.8 Å². The number of rotatable bonds is 16. The summed E-state index contributed by atoms with van der Waals surface area (Å²) in [5.41, 5.74) is 6.01. The maximum absolute atomic E-state index is 14.2. The van der Waals surface area contributed by atoms with Crippen LogP contribution in [-0.4, -0.2) is 132 Å². The van der Waals surface area contributed by atoms with Crippen LogP contribution in [0.2, 0.25) is 10.0 Å². The molecule has 2 aliphatic heterocycles. The van der Waals surface area contributed by atoms with Gasteiger partial charge in [-0.3, -0.25) is 24.2 Å². The number of β-amino-alcohol motifs (C(OH)–C–C–N with tert-alkyl or cyclic N) is 1. The minimum absolute atomic E-state index is 0.000580. The third-order valence-corrected chi connectivity index (χ3v) is 14.4. The third kappa shape index (κ3) is 12.6. The molecule has 2 aliphatic rings. The standard InChI is InChI=1S/C50H61Cl2N11O7S/c1-29(31-9-11-32(12-10-31)45-30(2)55-28-71-45)56-47(66)36-23-35(64)26-63(36)48(67)46(50(3,4)5)58-41(65)17-18-61-19-21-62(22-20-61)34-15-13-33(14-16-34)57-39-25-40(54-27-53-39)60(6)49(68)59-44-42(51)37(69-7)24-38(70-8)43(44)52/h9-16,24-25,27-29,35-36,46,64H,17-23,26H2,1-8H3,(H,56,66)(H,58,65)(H,59,68)(H,53,54,57)/t29-,35-,36+,46-/m1/s1. The molecule has 0 bridgehead atoms. The molecule has 4 atom stereocenters. The molecule has 0 aliphatic carbocycles. The van der Waals surface area contributed by atoms with E-state index in [9.17, 15) is 24.3 Å². The molecule has 378 valence electrons. The van der Waals surface area contributed by atoms with Gasteiger partial charge in [-0.25, -0.2) is 19.7 Å². The smallest absolute Gasteiger partial charge is 0.327 e. The number of hydrogen-bond donors (Lipinski definition) is 5. The van der Waals surface area contributed by atoms with Crippen molar-refractivity contribution < 1.29 is 33.8 Å². The first-order chi connectivity index (χ1) is 33.8. The maximum Gasteiger partial charge on any atom is 0.327 e. The van der Waals surface area contributed by atoms with E-state index >= 15 is 0 Å². The van der Waals surface area contributed by atoms with Gasteiger partial charge >= 0.3 is 6.03 Å². The lowest BCUT2D eigenvalue weighted by Gasteiger charge is -2.37. The van der Waals surface area contributed by atoms with Crippen LogP contribution in [-0.2, 0) is 14.4 Å². The van der Waals surface area contributed by atoms with Crippen molar-refractivity contribution in [1.29, 1.82) is 0 Å².